The van der Waals surface area contributed by atoms with Gasteiger partial charge in [0, 0.05) is 43.0 Å². The maximum Gasteiger partial charge on any atom is 0.273 e. The predicted molar refractivity (Wildman–Crippen MR) is 103 cm³/mol. The summed E-state index contributed by atoms with van der Waals surface area (Å²) in [6.45, 7) is 6.44. The van der Waals surface area contributed by atoms with Crippen LogP contribution in [0.1, 0.15) is 53.7 Å². The molecule has 1 amide bonds. The Bertz CT molecular complexity index is 761. The average molecular weight is 376 g/mol. The zero-order valence-electron chi connectivity index (χ0n) is 15.6. The smallest absolute Gasteiger partial charge is 0.273 e. The Labute approximate surface area is 158 Å². The third kappa shape index (κ3) is 4.30. The van der Waals surface area contributed by atoms with Gasteiger partial charge in [0.05, 0.1) is 5.01 Å². The number of rotatable bonds is 5. The fraction of sp³-hybridized carbons (Fsp3) is 0.500. The van der Waals surface area contributed by atoms with E-state index >= 15 is 0 Å². The van der Waals surface area contributed by atoms with E-state index in [4.69, 9.17) is 0 Å². The molecule has 3 rings (SSSR count). The molecule has 0 saturated carbocycles. The van der Waals surface area contributed by atoms with Crippen LogP contribution in [-0.4, -0.2) is 46.9 Å². The van der Waals surface area contributed by atoms with Crippen LogP contribution in [0.5, 0.6) is 0 Å². The van der Waals surface area contributed by atoms with Gasteiger partial charge in [-0.25, -0.2) is 9.37 Å². The summed E-state index contributed by atoms with van der Waals surface area (Å²) in [6.07, 6.45) is 1.97. The van der Waals surface area contributed by atoms with E-state index in [9.17, 15) is 9.18 Å². The fourth-order valence-corrected chi connectivity index (χ4v) is 4.17. The van der Waals surface area contributed by atoms with Gasteiger partial charge >= 0.3 is 0 Å². The zero-order chi connectivity index (χ0) is 18.7. The number of nitrogens with zero attached hydrogens (tertiary/aromatic N) is 3. The van der Waals surface area contributed by atoms with E-state index in [0.717, 1.165) is 30.9 Å². The summed E-state index contributed by atoms with van der Waals surface area (Å²) in [5, 5.41) is 2.85. The predicted octanol–water partition coefficient (Wildman–Crippen LogP) is 4.14. The van der Waals surface area contributed by atoms with Crippen LogP contribution in [0.25, 0.3) is 0 Å². The molecule has 1 aliphatic heterocycles. The fourth-order valence-electron chi connectivity index (χ4n) is 3.36. The molecule has 2 aromatic rings. The molecule has 0 bridgehead atoms. The highest BCUT2D eigenvalue weighted by molar-refractivity contribution is 7.09. The van der Waals surface area contributed by atoms with Crippen LogP contribution in [0.2, 0.25) is 0 Å². The number of hydrogen-bond donors (Lipinski definition) is 0. The molecule has 0 aliphatic carbocycles. The summed E-state index contributed by atoms with van der Waals surface area (Å²) in [7, 11) is 1.86. The summed E-state index contributed by atoms with van der Waals surface area (Å²) >= 11 is 1.54. The maximum atomic E-state index is 13.9. The molecular weight excluding hydrogens is 349 g/mol. The van der Waals surface area contributed by atoms with Crippen molar-refractivity contribution in [2.75, 3.05) is 20.1 Å². The Morgan fingerprint density at radius 3 is 2.88 bits per heavy atom. The highest BCUT2D eigenvalue weighted by Crippen LogP contribution is 2.23. The number of piperidine rings is 1. The number of carbonyl (C=O) groups excluding carboxylic acids is 1. The highest BCUT2D eigenvalue weighted by Gasteiger charge is 2.28. The first-order valence-electron chi connectivity index (χ1n) is 9.14. The Balaban J connectivity index is 1.64. The van der Waals surface area contributed by atoms with Gasteiger partial charge in [-0.2, -0.15) is 0 Å². The first-order chi connectivity index (χ1) is 12.5. The van der Waals surface area contributed by atoms with E-state index in [0.29, 0.717) is 23.7 Å². The van der Waals surface area contributed by atoms with Crippen molar-refractivity contribution in [1.82, 2.24) is 14.8 Å². The molecule has 4 nitrogen and oxygen atoms in total. The number of benzene rings is 1. The van der Waals surface area contributed by atoms with E-state index < -0.39 is 0 Å². The molecule has 0 N–H and O–H groups in total. The number of thiazole rings is 1. The summed E-state index contributed by atoms with van der Waals surface area (Å²) < 4.78 is 13.9. The Hall–Kier alpha value is -1.79. The second-order valence-corrected chi connectivity index (χ2v) is 8.15. The second kappa shape index (κ2) is 8.27. The zero-order valence-corrected chi connectivity index (χ0v) is 16.4. The third-order valence-corrected chi connectivity index (χ3v) is 6.08. The quantitative estimate of drug-likeness (QED) is 0.788. The van der Waals surface area contributed by atoms with Crippen molar-refractivity contribution in [3.63, 3.8) is 0 Å². The lowest BCUT2D eigenvalue weighted by Crippen LogP contribution is -2.48. The van der Waals surface area contributed by atoms with Gasteiger partial charge in [0.1, 0.15) is 11.5 Å². The van der Waals surface area contributed by atoms with Gasteiger partial charge < -0.3 is 4.90 Å². The Kier molecular flexibility index (Phi) is 6.04. The molecule has 0 spiro atoms. The third-order valence-electron chi connectivity index (χ3n) is 4.94. The highest BCUT2D eigenvalue weighted by atomic mass is 32.1. The number of halogens is 1. The molecule has 6 heteroatoms. The maximum absolute atomic E-state index is 13.9. The standard InChI is InChI=1S/C20H26FN3OS/c1-14(2)19-22-18(13-26-19)20(25)23(3)16-8-6-10-24(12-16)11-15-7-4-5-9-17(15)21/h4-5,7,9,13-14,16H,6,8,10-12H2,1-3H3/t16-/m0/s1. The summed E-state index contributed by atoms with van der Waals surface area (Å²) in [4.78, 5) is 21.3. The molecule has 1 fully saturated rings. The number of aromatic nitrogens is 1. The van der Waals surface area contributed by atoms with Crippen molar-refractivity contribution in [2.45, 2.75) is 45.2 Å². The van der Waals surface area contributed by atoms with E-state index in [1.54, 1.807) is 17.4 Å². The first-order valence-corrected chi connectivity index (χ1v) is 10.0. The van der Waals surface area contributed by atoms with Crippen LogP contribution in [0.4, 0.5) is 4.39 Å². The van der Waals surface area contributed by atoms with Gasteiger partial charge in [-0.15, -0.1) is 11.3 Å². The molecule has 0 unspecified atom stereocenters. The Morgan fingerprint density at radius 1 is 1.42 bits per heavy atom. The minimum Gasteiger partial charge on any atom is -0.336 e. The largest absolute Gasteiger partial charge is 0.336 e. The number of amides is 1. The van der Waals surface area contributed by atoms with Crippen molar-refractivity contribution >= 4 is 17.2 Å². The summed E-state index contributed by atoms with van der Waals surface area (Å²) in [5.74, 6) is 0.145. The summed E-state index contributed by atoms with van der Waals surface area (Å²) in [6, 6.07) is 7.04. The number of hydrogen-bond acceptors (Lipinski definition) is 4. The molecule has 1 saturated heterocycles. The molecule has 1 aliphatic rings. The van der Waals surface area contributed by atoms with Gasteiger partial charge in [-0.3, -0.25) is 9.69 Å². The van der Waals surface area contributed by atoms with Crippen LogP contribution >= 0.6 is 11.3 Å². The van der Waals surface area contributed by atoms with Crippen LogP contribution in [0.15, 0.2) is 29.6 Å². The van der Waals surface area contributed by atoms with E-state index in [1.165, 1.54) is 6.07 Å². The minimum absolute atomic E-state index is 0.0223. The molecule has 1 aromatic carbocycles. The lowest BCUT2D eigenvalue weighted by Gasteiger charge is -2.37. The lowest BCUT2D eigenvalue weighted by atomic mass is 10.0. The molecule has 26 heavy (non-hydrogen) atoms. The van der Waals surface area contributed by atoms with Crippen molar-refractivity contribution in [3.8, 4) is 0 Å². The van der Waals surface area contributed by atoms with Crippen LogP contribution in [0.3, 0.4) is 0 Å². The van der Waals surface area contributed by atoms with Gasteiger partial charge in [0.2, 0.25) is 0 Å². The summed E-state index contributed by atoms with van der Waals surface area (Å²) in [5.41, 5.74) is 1.25. The van der Waals surface area contributed by atoms with Gasteiger partial charge in [0.15, 0.2) is 0 Å². The van der Waals surface area contributed by atoms with Gasteiger partial charge in [-0.05, 0) is 25.5 Å². The number of likely N-dealkylation sites (tertiary alicyclic amines) is 1. The van der Waals surface area contributed by atoms with Crippen molar-refractivity contribution in [1.29, 1.82) is 0 Å². The number of carbonyl (C=O) groups is 1. The molecule has 1 aromatic heterocycles. The first kappa shape index (κ1) is 19.0. The second-order valence-electron chi connectivity index (χ2n) is 7.26. The molecular formula is C20H26FN3OS. The van der Waals surface area contributed by atoms with Crippen LogP contribution in [0, 0.1) is 5.82 Å². The molecule has 2 heterocycles. The number of likely N-dealkylation sites (N-methyl/N-ethyl adjacent to an activating group) is 1. The molecule has 1 atom stereocenters. The van der Waals surface area contributed by atoms with E-state index in [2.05, 4.69) is 23.7 Å². The van der Waals surface area contributed by atoms with E-state index in [-0.39, 0.29) is 17.8 Å². The average Bonchev–Trinajstić information content (AvgIpc) is 3.13. The van der Waals surface area contributed by atoms with Gasteiger partial charge in [0.25, 0.3) is 5.91 Å². The van der Waals surface area contributed by atoms with Crippen molar-refractivity contribution in [2.24, 2.45) is 0 Å². The normalized spacial score (nSPS) is 18.3. The van der Waals surface area contributed by atoms with Crippen molar-refractivity contribution in [3.05, 3.63) is 51.7 Å². The lowest BCUT2D eigenvalue weighted by molar-refractivity contribution is 0.0603. The SMILES string of the molecule is CC(C)c1nc(C(=O)N(C)[C@H]2CCCN(Cc3ccccc3F)C2)cs1. The van der Waals surface area contributed by atoms with Crippen molar-refractivity contribution < 1.29 is 9.18 Å². The van der Waals surface area contributed by atoms with Crippen LogP contribution in [-0.2, 0) is 6.54 Å². The Morgan fingerprint density at radius 2 is 2.19 bits per heavy atom. The van der Waals surface area contributed by atoms with Crippen LogP contribution < -0.4 is 0 Å². The molecule has 140 valence electrons. The minimum atomic E-state index is -0.164. The molecule has 0 radical (unpaired) electrons. The monoisotopic (exact) mass is 375 g/mol. The van der Waals surface area contributed by atoms with Gasteiger partial charge in [-0.1, -0.05) is 32.0 Å². The van der Waals surface area contributed by atoms with E-state index in [1.807, 2.05) is 29.5 Å². The topological polar surface area (TPSA) is 36.4 Å².